The van der Waals surface area contributed by atoms with Gasteiger partial charge in [0.25, 0.3) is 0 Å². The van der Waals surface area contributed by atoms with Gasteiger partial charge in [0, 0.05) is 11.1 Å². The van der Waals surface area contributed by atoms with Crippen molar-refractivity contribution >= 4 is 17.0 Å². The summed E-state index contributed by atoms with van der Waals surface area (Å²) < 4.78 is 13.0. The van der Waals surface area contributed by atoms with Crippen LogP contribution in [0.2, 0.25) is 0 Å². The van der Waals surface area contributed by atoms with Crippen molar-refractivity contribution in [2.75, 3.05) is 6.61 Å². The first-order valence-electron chi connectivity index (χ1n) is 7.21. The van der Waals surface area contributed by atoms with E-state index in [4.69, 9.17) is 14.1 Å². The zero-order valence-corrected chi connectivity index (χ0v) is 13.5. The summed E-state index contributed by atoms with van der Waals surface area (Å²) >= 11 is 1.63. The summed E-state index contributed by atoms with van der Waals surface area (Å²) in [5.41, 5.74) is 2.09. The lowest BCUT2D eigenvalue weighted by Gasteiger charge is -2.04. The van der Waals surface area contributed by atoms with Crippen LogP contribution in [0.3, 0.4) is 0 Å². The van der Waals surface area contributed by atoms with Gasteiger partial charge in [0.2, 0.25) is 0 Å². The third-order valence-corrected chi connectivity index (χ3v) is 4.24. The first kappa shape index (κ1) is 14.7. The van der Waals surface area contributed by atoms with Crippen LogP contribution in [-0.2, 0) is 6.54 Å². The molecule has 0 unspecified atom stereocenters. The van der Waals surface area contributed by atoms with Crippen molar-refractivity contribution in [1.29, 1.82) is 0 Å². The monoisotopic (exact) mass is 314 g/mol. The molecule has 2 aromatic heterocycles. The first-order valence-corrected chi connectivity index (χ1v) is 8.09. The van der Waals surface area contributed by atoms with Gasteiger partial charge in [0.05, 0.1) is 25.1 Å². The summed E-state index contributed by atoms with van der Waals surface area (Å²) in [6.07, 6.45) is 1.70. The Morgan fingerprint density at radius 2 is 2.05 bits per heavy atom. The Balaban J connectivity index is 1.90. The molecule has 0 atom stereocenters. The Hall–Kier alpha value is -2.27. The van der Waals surface area contributed by atoms with Gasteiger partial charge < -0.3 is 13.7 Å². The quantitative estimate of drug-likeness (QED) is 0.710. The molecule has 0 N–H and O–H groups in total. The molecule has 0 amide bonds. The van der Waals surface area contributed by atoms with Crippen LogP contribution in [0.15, 0.2) is 57.5 Å². The van der Waals surface area contributed by atoms with Crippen molar-refractivity contribution < 1.29 is 9.15 Å². The molecule has 0 fully saturated rings. The lowest BCUT2D eigenvalue weighted by atomic mass is 10.3. The van der Waals surface area contributed by atoms with Gasteiger partial charge in [-0.25, -0.2) is 4.99 Å². The third-order valence-electron chi connectivity index (χ3n) is 3.26. The number of ether oxygens (including phenoxy) is 1. The van der Waals surface area contributed by atoms with E-state index in [0.717, 1.165) is 22.0 Å². The number of thiazole rings is 1. The second kappa shape index (κ2) is 6.66. The van der Waals surface area contributed by atoms with Crippen molar-refractivity contribution in [2.45, 2.75) is 20.4 Å². The fraction of sp³-hybridized carbons (Fsp3) is 0.235. The van der Waals surface area contributed by atoms with E-state index < -0.39 is 0 Å². The van der Waals surface area contributed by atoms with Crippen molar-refractivity contribution in [3.05, 3.63) is 64.3 Å². The highest BCUT2D eigenvalue weighted by molar-refractivity contribution is 7.07. The van der Waals surface area contributed by atoms with Gasteiger partial charge in [0.1, 0.15) is 11.5 Å². The molecule has 0 aliphatic carbocycles. The molecule has 0 saturated carbocycles. The number of hydrogen-bond acceptors (Lipinski definition) is 4. The summed E-state index contributed by atoms with van der Waals surface area (Å²) in [4.78, 5) is 5.68. The number of nitrogens with zero attached hydrogens (tertiary/aromatic N) is 2. The molecule has 1 aromatic carbocycles. The van der Waals surface area contributed by atoms with E-state index in [-0.39, 0.29) is 0 Å². The number of aromatic nitrogens is 1. The maximum Gasteiger partial charge on any atom is 0.190 e. The molecule has 2 heterocycles. The van der Waals surface area contributed by atoms with E-state index in [0.29, 0.717) is 13.2 Å². The van der Waals surface area contributed by atoms with Gasteiger partial charge in [-0.2, -0.15) is 0 Å². The molecular weight excluding hydrogens is 296 g/mol. The standard InChI is InChI=1S/C17H18N2O2S/c1-3-20-15-8-6-14(7-9-15)18-17-19(13(2)12-22-17)11-16-5-4-10-21-16/h4-10,12H,3,11H2,1-2H3. The molecule has 22 heavy (non-hydrogen) atoms. The largest absolute Gasteiger partial charge is 0.494 e. The fourth-order valence-electron chi connectivity index (χ4n) is 2.15. The maximum atomic E-state index is 5.45. The van der Waals surface area contributed by atoms with Crippen molar-refractivity contribution in [3.8, 4) is 5.75 Å². The lowest BCUT2D eigenvalue weighted by Crippen LogP contribution is -2.16. The highest BCUT2D eigenvalue weighted by atomic mass is 32.1. The molecule has 0 radical (unpaired) electrons. The zero-order valence-electron chi connectivity index (χ0n) is 12.7. The van der Waals surface area contributed by atoms with Gasteiger partial charge in [-0.05, 0) is 50.2 Å². The van der Waals surface area contributed by atoms with Crippen LogP contribution in [-0.4, -0.2) is 11.2 Å². The fourth-order valence-corrected chi connectivity index (χ4v) is 3.04. The summed E-state index contributed by atoms with van der Waals surface area (Å²) in [6, 6.07) is 11.7. The van der Waals surface area contributed by atoms with E-state index in [9.17, 15) is 0 Å². The summed E-state index contributed by atoms with van der Waals surface area (Å²) in [5.74, 6) is 1.79. The predicted molar refractivity (Wildman–Crippen MR) is 87.7 cm³/mol. The second-order valence-corrected chi connectivity index (χ2v) is 5.70. The highest BCUT2D eigenvalue weighted by Gasteiger charge is 2.04. The Morgan fingerprint density at radius 3 is 2.73 bits per heavy atom. The van der Waals surface area contributed by atoms with Crippen LogP contribution < -0.4 is 9.54 Å². The van der Waals surface area contributed by atoms with E-state index in [2.05, 4.69) is 16.9 Å². The average molecular weight is 314 g/mol. The van der Waals surface area contributed by atoms with Crippen LogP contribution in [0.5, 0.6) is 5.75 Å². The number of aryl methyl sites for hydroxylation is 1. The summed E-state index contributed by atoms with van der Waals surface area (Å²) in [6.45, 7) is 5.42. The normalized spacial score (nSPS) is 11.8. The number of furan rings is 1. The first-order chi connectivity index (χ1) is 10.8. The lowest BCUT2D eigenvalue weighted by molar-refractivity contribution is 0.340. The van der Waals surface area contributed by atoms with Crippen molar-refractivity contribution in [3.63, 3.8) is 0 Å². The molecule has 0 bridgehead atoms. The van der Waals surface area contributed by atoms with Gasteiger partial charge in [-0.1, -0.05) is 0 Å². The van der Waals surface area contributed by atoms with Gasteiger partial charge in [0.15, 0.2) is 4.80 Å². The number of rotatable bonds is 5. The minimum atomic E-state index is 0.670. The van der Waals surface area contributed by atoms with Crippen molar-refractivity contribution in [1.82, 2.24) is 4.57 Å². The number of hydrogen-bond donors (Lipinski definition) is 0. The maximum absolute atomic E-state index is 5.45. The minimum Gasteiger partial charge on any atom is -0.494 e. The van der Waals surface area contributed by atoms with Crippen LogP contribution in [0.25, 0.3) is 0 Å². The van der Waals surface area contributed by atoms with Gasteiger partial charge in [-0.15, -0.1) is 11.3 Å². The van der Waals surface area contributed by atoms with Crippen LogP contribution in [0.4, 0.5) is 5.69 Å². The Morgan fingerprint density at radius 1 is 1.23 bits per heavy atom. The molecule has 4 nitrogen and oxygen atoms in total. The Labute approximate surface area is 133 Å². The average Bonchev–Trinajstić information content (AvgIpc) is 3.15. The van der Waals surface area contributed by atoms with E-state index in [1.54, 1.807) is 17.6 Å². The molecule has 114 valence electrons. The van der Waals surface area contributed by atoms with Gasteiger partial charge in [-0.3, -0.25) is 0 Å². The third kappa shape index (κ3) is 3.31. The van der Waals surface area contributed by atoms with Gasteiger partial charge >= 0.3 is 0 Å². The second-order valence-electron chi connectivity index (χ2n) is 4.86. The SMILES string of the molecule is CCOc1ccc(N=c2scc(C)n2Cc2ccco2)cc1. The molecule has 5 heteroatoms. The summed E-state index contributed by atoms with van der Waals surface area (Å²) in [7, 11) is 0. The molecule has 3 rings (SSSR count). The Bertz CT molecular complexity index is 783. The van der Waals surface area contributed by atoms with E-state index in [1.165, 1.54) is 5.69 Å². The van der Waals surface area contributed by atoms with Crippen LogP contribution in [0, 0.1) is 6.92 Å². The minimum absolute atomic E-state index is 0.670. The summed E-state index contributed by atoms with van der Waals surface area (Å²) in [5, 5.41) is 2.11. The smallest absolute Gasteiger partial charge is 0.190 e. The van der Waals surface area contributed by atoms with Crippen LogP contribution in [0.1, 0.15) is 18.4 Å². The zero-order chi connectivity index (χ0) is 15.4. The van der Waals surface area contributed by atoms with Crippen LogP contribution >= 0.6 is 11.3 Å². The predicted octanol–water partition coefficient (Wildman–Crippen LogP) is 4.13. The van der Waals surface area contributed by atoms with E-state index >= 15 is 0 Å². The molecule has 0 aliphatic rings. The highest BCUT2D eigenvalue weighted by Crippen LogP contribution is 2.18. The van der Waals surface area contributed by atoms with E-state index in [1.807, 2.05) is 43.3 Å². The van der Waals surface area contributed by atoms with Crippen molar-refractivity contribution in [2.24, 2.45) is 4.99 Å². The molecular formula is C17H18N2O2S. The topological polar surface area (TPSA) is 39.7 Å². The number of benzene rings is 1. The molecule has 0 aliphatic heterocycles. The molecule has 0 spiro atoms. The molecule has 3 aromatic rings. The molecule has 0 saturated heterocycles. The Kier molecular flexibility index (Phi) is 4.44.